The van der Waals surface area contributed by atoms with E-state index in [2.05, 4.69) is 5.32 Å². The maximum absolute atomic E-state index is 11.9. The molecule has 0 bridgehead atoms. The van der Waals surface area contributed by atoms with E-state index in [-0.39, 0.29) is 17.9 Å². The normalized spacial score (nSPS) is 20.8. The molecule has 2 amide bonds. The first-order valence-corrected chi connectivity index (χ1v) is 7.94. The Balaban J connectivity index is 1.52. The molecule has 1 aliphatic heterocycles. The molecular weight excluding hydrogens is 280 g/mol. The molecule has 1 aromatic rings. The first-order chi connectivity index (χ1) is 10.6. The molecule has 1 atom stereocenters. The van der Waals surface area contributed by atoms with Gasteiger partial charge in [0.25, 0.3) is 5.91 Å². The van der Waals surface area contributed by atoms with Gasteiger partial charge in [0.1, 0.15) is 12.4 Å². The van der Waals surface area contributed by atoms with Crippen LogP contribution in [0.25, 0.3) is 0 Å². The van der Waals surface area contributed by atoms with Crippen LogP contribution < -0.4 is 10.1 Å². The topological polar surface area (TPSA) is 58.6 Å². The van der Waals surface area contributed by atoms with Gasteiger partial charge in [0.15, 0.2) is 0 Å². The molecule has 118 valence electrons. The molecule has 0 aromatic heterocycles. The highest BCUT2D eigenvalue weighted by molar-refractivity contribution is 5.94. The standard InChI is InChI=1S/C17H22N2O3/c1-12(20)19-10-2-3-15(19)11-22-16-8-4-13(5-9-16)17(21)18-14-6-7-14/h4-5,8-9,14-15H,2-3,6-7,10-11H2,1H3,(H,18,21). The van der Waals surface area contributed by atoms with Crippen LogP contribution in [-0.2, 0) is 4.79 Å². The number of nitrogens with zero attached hydrogens (tertiary/aromatic N) is 1. The van der Waals surface area contributed by atoms with Crippen molar-refractivity contribution in [2.45, 2.75) is 44.7 Å². The zero-order valence-electron chi connectivity index (χ0n) is 12.9. The zero-order chi connectivity index (χ0) is 15.5. The number of rotatable bonds is 5. The summed E-state index contributed by atoms with van der Waals surface area (Å²) in [6.45, 7) is 2.93. The van der Waals surface area contributed by atoms with Gasteiger partial charge in [0.05, 0.1) is 6.04 Å². The van der Waals surface area contributed by atoms with E-state index in [0.29, 0.717) is 18.2 Å². The minimum atomic E-state index is -0.0207. The van der Waals surface area contributed by atoms with Gasteiger partial charge in [-0.1, -0.05) is 0 Å². The predicted molar refractivity (Wildman–Crippen MR) is 82.8 cm³/mol. The molecule has 1 aromatic carbocycles. The fourth-order valence-corrected chi connectivity index (χ4v) is 2.81. The van der Waals surface area contributed by atoms with E-state index < -0.39 is 0 Å². The smallest absolute Gasteiger partial charge is 0.251 e. The van der Waals surface area contributed by atoms with Crippen LogP contribution in [0.2, 0.25) is 0 Å². The van der Waals surface area contributed by atoms with E-state index in [1.807, 2.05) is 17.0 Å². The number of likely N-dealkylation sites (tertiary alicyclic amines) is 1. The van der Waals surface area contributed by atoms with E-state index in [0.717, 1.165) is 38.0 Å². The van der Waals surface area contributed by atoms with Gasteiger partial charge in [-0.05, 0) is 49.9 Å². The van der Waals surface area contributed by atoms with E-state index >= 15 is 0 Å². The summed E-state index contributed by atoms with van der Waals surface area (Å²) in [7, 11) is 0. The molecule has 1 aliphatic carbocycles. The lowest BCUT2D eigenvalue weighted by molar-refractivity contribution is -0.130. The van der Waals surface area contributed by atoms with Gasteiger partial charge in [-0.15, -0.1) is 0 Å². The molecule has 2 fully saturated rings. The number of amides is 2. The molecule has 1 unspecified atom stereocenters. The molecule has 1 heterocycles. The average Bonchev–Trinajstić information content (AvgIpc) is 3.19. The van der Waals surface area contributed by atoms with Crippen molar-refractivity contribution in [1.82, 2.24) is 10.2 Å². The molecule has 1 saturated carbocycles. The summed E-state index contributed by atoms with van der Waals surface area (Å²) < 4.78 is 5.77. The number of ether oxygens (including phenoxy) is 1. The highest BCUT2D eigenvalue weighted by atomic mass is 16.5. The van der Waals surface area contributed by atoms with Crippen LogP contribution in [-0.4, -0.2) is 41.9 Å². The number of carbonyl (C=O) groups is 2. The van der Waals surface area contributed by atoms with Crippen LogP contribution in [0, 0.1) is 0 Å². The average molecular weight is 302 g/mol. The van der Waals surface area contributed by atoms with E-state index in [1.165, 1.54) is 0 Å². The second kappa shape index (κ2) is 6.38. The zero-order valence-corrected chi connectivity index (χ0v) is 12.9. The highest BCUT2D eigenvalue weighted by Crippen LogP contribution is 2.21. The van der Waals surface area contributed by atoms with Crippen molar-refractivity contribution < 1.29 is 14.3 Å². The Morgan fingerprint density at radius 3 is 2.59 bits per heavy atom. The SMILES string of the molecule is CC(=O)N1CCCC1COc1ccc(C(=O)NC2CC2)cc1. The summed E-state index contributed by atoms with van der Waals surface area (Å²) in [5.74, 6) is 0.823. The lowest BCUT2D eigenvalue weighted by atomic mass is 10.2. The van der Waals surface area contributed by atoms with Crippen LogP contribution in [0.5, 0.6) is 5.75 Å². The van der Waals surface area contributed by atoms with E-state index in [9.17, 15) is 9.59 Å². The van der Waals surface area contributed by atoms with Crippen molar-refractivity contribution in [2.75, 3.05) is 13.2 Å². The number of nitrogens with one attached hydrogen (secondary N) is 1. The number of hydrogen-bond acceptors (Lipinski definition) is 3. The lowest BCUT2D eigenvalue weighted by Crippen LogP contribution is -2.37. The summed E-state index contributed by atoms with van der Waals surface area (Å²) in [6.07, 6.45) is 4.19. The van der Waals surface area contributed by atoms with Crippen LogP contribution in [0.4, 0.5) is 0 Å². The maximum Gasteiger partial charge on any atom is 0.251 e. The van der Waals surface area contributed by atoms with Crippen LogP contribution in [0.3, 0.4) is 0 Å². The highest BCUT2D eigenvalue weighted by Gasteiger charge is 2.27. The third kappa shape index (κ3) is 3.59. The van der Waals surface area contributed by atoms with Crippen molar-refractivity contribution in [3.63, 3.8) is 0 Å². The van der Waals surface area contributed by atoms with Crippen molar-refractivity contribution in [3.05, 3.63) is 29.8 Å². The Labute approximate surface area is 130 Å². The summed E-state index contributed by atoms with van der Waals surface area (Å²) in [4.78, 5) is 25.3. The second-order valence-electron chi connectivity index (χ2n) is 6.09. The van der Waals surface area contributed by atoms with Crippen LogP contribution in [0.1, 0.15) is 43.0 Å². The van der Waals surface area contributed by atoms with Gasteiger partial charge in [0, 0.05) is 25.1 Å². The molecule has 5 heteroatoms. The Morgan fingerprint density at radius 1 is 1.23 bits per heavy atom. The lowest BCUT2D eigenvalue weighted by Gasteiger charge is -2.23. The molecule has 0 spiro atoms. The fourth-order valence-electron chi connectivity index (χ4n) is 2.81. The van der Waals surface area contributed by atoms with Crippen molar-refractivity contribution in [2.24, 2.45) is 0 Å². The Hall–Kier alpha value is -2.04. The van der Waals surface area contributed by atoms with Crippen LogP contribution in [0.15, 0.2) is 24.3 Å². The molecular formula is C17H22N2O3. The van der Waals surface area contributed by atoms with Crippen LogP contribution >= 0.6 is 0 Å². The fraction of sp³-hybridized carbons (Fsp3) is 0.529. The van der Waals surface area contributed by atoms with Crippen molar-refractivity contribution in [3.8, 4) is 5.75 Å². The van der Waals surface area contributed by atoms with Gasteiger partial charge >= 0.3 is 0 Å². The first-order valence-electron chi connectivity index (χ1n) is 7.94. The molecule has 5 nitrogen and oxygen atoms in total. The van der Waals surface area contributed by atoms with Gasteiger partial charge in [-0.2, -0.15) is 0 Å². The molecule has 0 radical (unpaired) electrons. The Morgan fingerprint density at radius 2 is 1.95 bits per heavy atom. The van der Waals surface area contributed by atoms with Gasteiger partial charge < -0.3 is 15.0 Å². The monoisotopic (exact) mass is 302 g/mol. The minimum absolute atomic E-state index is 0.0207. The molecule has 3 rings (SSSR count). The predicted octanol–water partition coefficient (Wildman–Crippen LogP) is 1.97. The van der Waals surface area contributed by atoms with Gasteiger partial charge in [0.2, 0.25) is 5.91 Å². The number of benzene rings is 1. The number of hydrogen-bond donors (Lipinski definition) is 1. The number of carbonyl (C=O) groups excluding carboxylic acids is 2. The summed E-state index contributed by atoms with van der Waals surface area (Å²) in [5, 5.41) is 2.96. The summed E-state index contributed by atoms with van der Waals surface area (Å²) in [6, 6.07) is 7.72. The Kier molecular flexibility index (Phi) is 4.32. The van der Waals surface area contributed by atoms with E-state index in [1.54, 1.807) is 19.1 Å². The summed E-state index contributed by atoms with van der Waals surface area (Å²) >= 11 is 0. The third-order valence-corrected chi connectivity index (χ3v) is 4.25. The molecule has 1 saturated heterocycles. The third-order valence-electron chi connectivity index (χ3n) is 4.25. The maximum atomic E-state index is 11.9. The van der Waals surface area contributed by atoms with Crippen molar-refractivity contribution in [1.29, 1.82) is 0 Å². The van der Waals surface area contributed by atoms with E-state index in [4.69, 9.17) is 4.74 Å². The van der Waals surface area contributed by atoms with Gasteiger partial charge in [-0.3, -0.25) is 9.59 Å². The first kappa shape index (κ1) is 14.9. The summed E-state index contributed by atoms with van der Waals surface area (Å²) in [5.41, 5.74) is 0.658. The minimum Gasteiger partial charge on any atom is -0.491 e. The van der Waals surface area contributed by atoms with Gasteiger partial charge in [-0.25, -0.2) is 0 Å². The van der Waals surface area contributed by atoms with Crippen molar-refractivity contribution >= 4 is 11.8 Å². The Bertz CT molecular complexity index is 552. The second-order valence-corrected chi connectivity index (χ2v) is 6.09. The molecule has 1 N–H and O–H groups in total. The largest absolute Gasteiger partial charge is 0.491 e. The molecule has 22 heavy (non-hydrogen) atoms. The quantitative estimate of drug-likeness (QED) is 0.904. The molecule has 2 aliphatic rings.